The number of fused-ring (bicyclic) bond motifs is 1. The second-order valence-electron chi connectivity index (χ2n) is 5.04. The van der Waals surface area contributed by atoms with Gasteiger partial charge in [0.25, 0.3) is 0 Å². The zero-order valence-corrected chi connectivity index (χ0v) is 11.9. The molecule has 1 heterocycles. The van der Waals surface area contributed by atoms with Gasteiger partial charge < -0.3 is 4.90 Å². The molecule has 0 radical (unpaired) electrons. The molecule has 0 N–H and O–H groups in total. The van der Waals surface area contributed by atoms with E-state index in [-0.39, 0.29) is 5.91 Å². The highest BCUT2D eigenvalue weighted by Gasteiger charge is 2.29. The fraction of sp³-hybridized carbons (Fsp3) is 0.235. The predicted octanol–water partition coefficient (Wildman–Crippen LogP) is 3.20. The fourth-order valence-electron chi connectivity index (χ4n) is 2.48. The lowest BCUT2D eigenvalue weighted by Gasteiger charge is -2.33. The molecule has 0 aliphatic carbocycles. The van der Waals surface area contributed by atoms with Crippen molar-refractivity contribution in [3.8, 4) is 0 Å². The summed E-state index contributed by atoms with van der Waals surface area (Å²) < 4.78 is 0. The van der Waals surface area contributed by atoms with E-state index in [1.165, 1.54) is 0 Å². The van der Waals surface area contributed by atoms with E-state index in [4.69, 9.17) is 9.78 Å². The van der Waals surface area contributed by atoms with Gasteiger partial charge in [0.05, 0.1) is 0 Å². The van der Waals surface area contributed by atoms with Gasteiger partial charge in [0.15, 0.2) is 6.23 Å². The maximum Gasteiger partial charge on any atom is 0.222 e. The van der Waals surface area contributed by atoms with Crippen LogP contribution in [0.4, 0.5) is 0 Å². The average molecular weight is 283 g/mol. The minimum Gasteiger partial charge on any atom is -0.306 e. The molecule has 0 fully saturated rings. The molecule has 2 aromatic carbocycles. The van der Waals surface area contributed by atoms with Gasteiger partial charge in [-0.15, -0.1) is 0 Å². The topological polar surface area (TPSA) is 38.8 Å². The molecule has 0 spiro atoms. The quantitative estimate of drug-likeness (QED) is 0.812. The van der Waals surface area contributed by atoms with Gasteiger partial charge in [-0.3, -0.25) is 4.79 Å². The highest BCUT2D eigenvalue weighted by atomic mass is 17.2. The predicted molar refractivity (Wildman–Crippen MR) is 77.7 cm³/mol. The van der Waals surface area contributed by atoms with E-state index in [2.05, 4.69) is 0 Å². The summed E-state index contributed by atoms with van der Waals surface area (Å²) in [6.07, 6.45) is -0.507. The molecule has 0 saturated carbocycles. The van der Waals surface area contributed by atoms with Crippen LogP contribution in [0.15, 0.2) is 54.6 Å². The van der Waals surface area contributed by atoms with Gasteiger partial charge in [-0.2, -0.15) is 0 Å². The Morgan fingerprint density at radius 2 is 1.86 bits per heavy atom. The molecule has 3 rings (SSSR count). The van der Waals surface area contributed by atoms with E-state index in [1.807, 2.05) is 54.6 Å². The molecule has 108 valence electrons. The minimum absolute atomic E-state index is 0.0517. The van der Waals surface area contributed by atoms with E-state index in [0.29, 0.717) is 13.2 Å². The van der Waals surface area contributed by atoms with Crippen molar-refractivity contribution in [2.75, 3.05) is 0 Å². The van der Waals surface area contributed by atoms with E-state index in [0.717, 1.165) is 16.7 Å². The van der Waals surface area contributed by atoms with Crippen LogP contribution in [0, 0.1) is 0 Å². The van der Waals surface area contributed by atoms with Gasteiger partial charge in [0.2, 0.25) is 5.91 Å². The lowest BCUT2D eigenvalue weighted by molar-refractivity contribution is -0.370. The first-order chi connectivity index (χ1) is 10.3. The van der Waals surface area contributed by atoms with Crippen molar-refractivity contribution >= 4 is 5.91 Å². The lowest BCUT2D eigenvalue weighted by atomic mass is 10.0. The molecule has 1 unspecified atom stereocenters. The number of rotatable bonds is 3. The summed E-state index contributed by atoms with van der Waals surface area (Å²) in [5.74, 6) is -0.0517. The van der Waals surface area contributed by atoms with E-state index in [1.54, 1.807) is 11.8 Å². The Bertz CT molecular complexity index is 627. The zero-order valence-electron chi connectivity index (χ0n) is 11.9. The van der Waals surface area contributed by atoms with Crippen LogP contribution in [0.3, 0.4) is 0 Å². The van der Waals surface area contributed by atoms with Crippen molar-refractivity contribution in [1.82, 2.24) is 4.90 Å². The van der Waals surface area contributed by atoms with Crippen molar-refractivity contribution in [2.24, 2.45) is 0 Å². The third-order valence-corrected chi connectivity index (χ3v) is 3.58. The van der Waals surface area contributed by atoms with Gasteiger partial charge in [-0.05, 0) is 11.1 Å². The SMILES string of the molecule is CC(=O)N(Cc1ccccc1)C1OOCc2ccccc21. The monoisotopic (exact) mass is 283 g/mol. The molecule has 0 bridgehead atoms. The Morgan fingerprint density at radius 1 is 1.14 bits per heavy atom. The number of amides is 1. The molecule has 0 saturated heterocycles. The maximum absolute atomic E-state index is 12.0. The van der Waals surface area contributed by atoms with Crippen LogP contribution in [0.25, 0.3) is 0 Å². The second-order valence-corrected chi connectivity index (χ2v) is 5.04. The summed E-state index contributed by atoms with van der Waals surface area (Å²) in [4.78, 5) is 24.3. The van der Waals surface area contributed by atoms with Crippen molar-refractivity contribution in [2.45, 2.75) is 26.3 Å². The summed E-state index contributed by atoms with van der Waals surface area (Å²) in [7, 11) is 0. The van der Waals surface area contributed by atoms with Gasteiger partial charge in [0, 0.05) is 19.0 Å². The third kappa shape index (κ3) is 2.96. The highest BCUT2D eigenvalue weighted by molar-refractivity contribution is 5.73. The van der Waals surface area contributed by atoms with Crippen LogP contribution in [0.5, 0.6) is 0 Å². The number of hydrogen-bond acceptors (Lipinski definition) is 3. The Hall–Kier alpha value is -2.17. The number of carbonyl (C=O) groups excluding carboxylic acids is 1. The van der Waals surface area contributed by atoms with Crippen molar-refractivity contribution in [1.29, 1.82) is 0 Å². The molecular weight excluding hydrogens is 266 g/mol. The van der Waals surface area contributed by atoms with E-state index >= 15 is 0 Å². The van der Waals surface area contributed by atoms with Gasteiger partial charge in [-0.1, -0.05) is 54.6 Å². The summed E-state index contributed by atoms with van der Waals surface area (Å²) in [6, 6.07) is 17.7. The van der Waals surface area contributed by atoms with Gasteiger partial charge in [-0.25, -0.2) is 9.78 Å². The Morgan fingerprint density at radius 3 is 2.62 bits per heavy atom. The molecule has 2 aromatic rings. The van der Waals surface area contributed by atoms with Crippen LogP contribution in [0.1, 0.15) is 29.8 Å². The number of benzene rings is 2. The number of carbonyl (C=O) groups is 1. The summed E-state index contributed by atoms with van der Waals surface area (Å²) >= 11 is 0. The first kappa shape index (κ1) is 13.8. The van der Waals surface area contributed by atoms with Gasteiger partial charge in [0.1, 0.15) is 6.61 Å². The normalized spacial score (nSPS) is 17.1. The van der Waals surface area contributed by atoms with Crippen molar-refractivity contribution in [3.63, 3.8) is 0 Å². The van der Waals surface area contributed by atoms with Crippen LogP contribution in [0.2, 0.25) is 0 Å². The molecular formula is C17H17NO3. The molecule has 4 nitrogen and oxygen atoms in total. The highest BCUT2D eigenvalue weighted by Crippen LogP contribution is 2.31. The molecule has 1 atom stereocenters. The largest absolute Gasteiger partial charge is 0.306 e. The summed E-state index contributed by atoms with van der Waals surface area (Å²) in [5.41, 5.74) is 3.09. The maximum atomic E-state index is 12.0. The standard InChI is InChI=1S/C17H17NO3/c1-13(19)18(11-14-7-3-2-4-8-14)17-16-10-6-5-9-15(16)12-20-21-17/h2-10,17H,11-12H2,1H3. The molecule has 0 aromatic heterocycles. The first-order valence-corrected chi connectivity index (χ1v) is 6.93. The third-order valence-electron chi connectivity index (χ3n) is 3.58. The molecule has 1 aliphatic rings. The van der Waals surface area contributed by atoms with E-state index < -0.39 is 6.23 Å². The van der Waals surface area contributed by atoms with Crippen LogP contribution in [-0.2, 0) is 27.7 Å². The smallest absolute Gasteiger partial charge is 0.222 e. The Balaban J connectivity index is 1.90. The minimum atomic E-state index is -0.507. The van der Waals surface area contributed by atoms with Crippen molar-refractivity contribution < 1.29 is 14.6 Å². The Labute approximate surface area is 123 Å². The van der Waals surface area contributed by atoms with Crippen LogP contribution < -0.4 is 0 Å². The summed E-state index contributed by atoms with van der Waals surface area (Å²) in [6.45, 7) is 2.44. The number of nitrogens with zero attached hydrogens (tertiary/aromatic N) is 1. The summed E-state index contributed by atoms with van der Waals surface area (Å²) in [5, 5.41) is 0. The molecule has 21 heavy (non-hydrogen) atoms. The van der Waals surface area contributed by atoms with Crippen molar-refractivity contribution in [3.05, 3.63) is 71.3 Å². The second kappa shape index (κ2) is 6.08. The van der Waals surface area contributed by atoms with E-state index in [9.17, 15) is 4.79 Å². The number of hydrogen-bond donors (Lipinski definition) is 0. The van der Waals surface area contributed by atoms with Crippen LogP contribution in [-0.4, -0.2) is 10.8 Å². The molecule has 1 aliphatic heterocycles. The zero-order chi connectivity index (χ0) is 14.7. The fourth-order valence-corrected chi connectivity index (χ4v) is 2.48. The molecule has 4 heteroatoms. The average Bonchev–Trinajstić information content (AvgIpc) is 2.53. The Kier molecular flexibility index (Phi) is 3.99. The van der Waals surface area contributed by atoms with Crippen LogP contribution >= 0.6 is 0 Å². The molecule has 1 amide bonds. The lowest BCUT2D eigenvalue weighted by Crippen LogP contribution is -2.36. The first-order valence-electron chi connectivity index (χ1n) is 6.93. The van der Waals surface area contributed by atoms with Gasteiger partial charge >= 0.3 is 0 Å².